The number of fused-ring (bicyclic) bond motifs is 1. The van der Waals surface area contributed by atoms with Crippen molar-refractivity contribution in [2.45, 2.75) is 28.4 Å². The van der Waals surface area contributed by atoms with Gasteiger partial charge < -0.3 is 19.7 Å². The van der Waals surface area contributed by atoms with Gasteiger partial charge in [0.1, 0.15) is 11.6 Å². The van der Waals surface area contributed by atoms with Gasteiger partial charge in [0, 0.05) is 49.4 Å². The van der Waals surface area contributed by atoms with Gasteiger partial charge in [0.25, 0.3) is 0 Å². The van der Waals surface area contributed by atoms with E-state index >= 15 is 0 Å². The number of benzene rings is 6. The number of nitrogens with zero attached hydrogens (tertiary/aromatic N) is 2. The van der Waals surface area contributed by atoms with Gasteiger partial charge in [0.15, 0.2) is 23.0 Å². The quantitative estimate of drug-likeness (QED) is 0.145. The summed E-state index contributed by atoms with van der Waals surface area (Å²) in [5.74, 6) is -1.83. The largest absolute Gasteiger partial charge is 0.504 e. The third kappa shape index (κ3) is 8.53. The molecule has 0 saturated carbocycles. The Bertz CT molecular complexity index is 2800. The second-order valence-electron chi connectivity index (χ2n) is 14.5. The minimum atomic E-state index is -3.77. The molecule has 0 fully saturated rings. The smallest absolute Gasteiger partial charge is 0.305 e. The Hall–Kier alpha value is -6.32. The van der Waals surface area contributed by atoms with Crippen molar-refractivity contribution in [1.82, 2.24) is 8.61 Å². The third-order valence-corrected chi connectivity index (χ3v) is 14.4. The lowest BCUT2D eigenvalue weighted by Gasteiger charge is -2.28. The fraction of sp³-hybridized carbons (Fsp3) is 0.149. The summed E-state index contributed by atoms with van der Waals surface area (Å²) >= 11 is 0. The second kappa shape index (κ2) is 17.0. The molecule has 312 valence electrons. The van der Waals surface area contributed by atoms with Crippen LogP contribution < -0.4 is 9.47 Å². The van der Waals surface area contributed by atoms with Crippen LogP contribution in [0.2, 0.25) is 0 Å². The van der Waals surface area contributed by atoms with Gasteiger partial charge >= 0.3 is 5.79 Å². The van der Waals surface area contributed by atoms with Crippen molar-refractivity contribution in [1.29, 1.82) is 0 Å². The van der Waals surface area contributed by atoms with Gasteiger partial charge in [-0.2, -0.15) is 8.61 Å². The zero-order valence-corrected chi connectivity index (χ0v) is 34.2. The SMILES string of the molecule is O=S(=O)(c1ccc(O)c(O)c1)N1CC=C(c2ccc(F)cc2)CC1.O=S(=O)(c1ccc2c(c1)OC(c1ccccc1)(c1ccccc1)O2)N1CC=C(c2ccc(F)cc2)CC1. The minimum absolute atomic E-state index is 0.0727. The molecular formula is C47H40F2N2O8S2. The Morgan fingerprint density at radius 3 is 1.39 bits per heavy atom. The van der Waals surface area contributed by atoms with Gasteiger partial charge in [-0.05, 0) is 83.6 Å². The first-order valence-corrected chi connectivity index (χ1v) is 22.3. The summed E-state index contributed by atoms with van der Waals surface area (Å²) in [5, 5.41) is 18.8. The number of sulfonamides is 2. The van der Waals surface area contributed by atoms with Crippen molar-refractivity contribution in [3.63, 3.8) is 0 Å². The maximum Gasteiger partial charge on any atom is 0.305 e. The van der Waals surface area contributed by atoms with Crippen molar-refractivity contribution in [3.05, 3.63) is 192 Å². The highest BCUT2D eigenvalue weighted by atomic mass is 32.2. The van der Waals surface area contributed by atoms with Crippen molar-refractivity contribution < 1.29 is 45.3 Å². The van der Waals surface area contributed by atoms with E-state index in [0.29, 0.717) is 30.9 Å². The molecule has 3 heterocycles. The number of rotatable bonds is 8. The van der Waals surface area contributed by atoms with Crippen LogP contribution in [-0.4, -0.2) is 61.8 Å². The summed E-state index contributed by atoms with van der Waals surface area (Å²) in [6.07, 6.45) is 4.74. The average Bonchev–Trinajstić information content (AvgIpc) is 3.69. The van der Waals surface area contributed by atoms with Crippen LogP contribution in [0.3, 0.4) is 0 Å². The lowest BCUT2D eigenvalue weighted by Crippen LogP contribution is -2.36. The molecule has 0 radical (unpaired) electrons. The molecule has 2 N–H and O–H groups in total. The molecule has 3 aliphatic heterocycles. The third-order valence-electron chi connectivity index (χ3n) is 10.7. The summed E-state index contributed by atoms with van der Waals surface area (Å²) < 4.78 is 94.0. The first-order valence-electron chi connectivity index (χ1n) is 19.4. The van der Waals surface area contributed by atoms with Crippen LogP contribution >= 0.6 is 0 Å². The van der Waals surface area contributed by atoms with Crippen molar-refractivity contribution in [2.75, 3.05) is 26.2 Å². The molecule has 0 saturated heterocycles. The molecule has 61 heavy (non-hydrogen) atoms. The summed E-state index contributed by atoms with van der Waals surface area (Å²) in [6.45, 7) is 1.04. The number of aromatic hydroxyl groups is 2. The van der Waals surface area contributed by atoms with Gasteiger partial charge in [0.2, 0.25) is 20.0 Å². The highest BCUT2D eigenvalue weighted by Gasteiger charge is 2.46. The van der Waals surface area contributed by atoms with Crippen LogP contribution in [0.1, 0.15) is 35.1 Å². The van der Waals surface area contributed by atoms with Gasteiger partial charge in [-0.1, -0.05) is 97.1 Å². The summed E-state index contributed by atoms with van der Waals surface area (Å²) in [6, 6.07) is 39.7. The maximum absolute atomic E-state index is 13.5. The number of hydrogen-bond donors (Lipinski definition) is 2. The van der Waals surface area contributed by atoms with Crippen LogP contribution in [0.15, 0.2) is 168 Å². The van der Waals surface area contributed by atoms with E-state index in [2.05, 4.69) is 0 Å². The van der Waals surface area contributed by atoms with Crippen LogP contribution in [0.25, 0.3) is 11.1 Å². The van der Waals surface area contributed by atoms with Gasteiger partial charge in [0.05, 0.1) is 9.79 Å². The zero-order valence-electron chi connectivity index (χ0n) is 32.6. The molecule has 0 spiro atoms. The van der Waals surface area contributed by atoms with Gasteiger partial charge in [-0.3, -0.25) is 0 Å². The first-order chi connectivity index (χ1) is 29.3. The first kappa shape index (κ1) is 41.4. The Balaban J connectivity index is 0.000000185. The van der Waals surface area contributed by atoms with E-state index in [4.69, 9.17) is 9.47 Å². The monoisotopic (exact) mass is 862 g/mol. The molecule has 0 aromatic heterocycles. The van der Waals surface area contributed by atoms with Gasteiger partial charge in [-0.15, -0.1) is 0 Å². The van der Waals surface area contributed by atoms with Crippen LogP contribution in [0.4, 0.5) is 8.78 Å². The molecule has 0 unspecified atom stereocenters. The molecule has 6 aromatic rings. The number of halogens is 2. The lowest BCUT2D eigenvalue weighted by atomic mass is 9.97. The van der Waals surface area contributed by atoms with E-state index in [-0.39, 0.29) is 46.8 Å². The Kier molecular flexibility index (Phi) is 11.5. The molecule has 0 atom stereocenters. The fourth-order valence-corrected chi connectivity index (χ4v) is 10.2. The van der Waals surface area contributed by atoms with Crippen molar-refractivity contribution in [2.24, 2.45) is 0 Å². The average molecular weight is 863 g/mol. The standard InChI is InChI=1S/C30H24FNO4S.C17H16FNO4S/c31-26-13-11-22(12-14-26)23-17-19-32(20-18-23)37(33,34)27-15-16-28-29(21-27)36-30(35-28,24-7-3-1-4-8-24)25-9-5-2-6-10-25;18-14-3-1-12(2-4-14)13-7-9-19(10-8-13)24(22,23)15-5-6-16(20)17(21)11-15/h1-17,21H,18-20H2;1-7,11,20-21H,8-10H2. The molecular weight excluding hydrogens is 823 g/mol. The van der Waals surface area contributed by atoms with E-state index in [1.807, 2.05) is 66.7 Å². The van der Waals surface area contributed by atoms with Crippen molar-refractivity contribution in [3.8, 4) is 23.0 Å². The van der Waals surface area contributed by atoms with E-state index < -0.39 is 31.6 Å². The molecule has 0 aliphatic carbocycles. The second-order valence-corrected chi connectivity index (χ2v) is 18.4. The van der Waals surface area contributed by atoms with E-state index in [1.165, 1.54) is 45.0 Å². The van der Waals surface area contributed by atoms with Gasteiger partial charge in [-0.25, -0.2) is 25.6 Å². The molecule has 6 aromatic carbocycles. The number of ether oxygens (including phenoxy) is 2. The predicted octanol–water partition coefficient (Wildman–Crippen LogP) is 8.69. The number of phenolic OH excluding ortho intramolecular Hbond substituents is 2. The highest BCUT2D eigenvalue weighted by molar-refractivity contribution is 7.89. The predicted molar refractivity (Wildman–Crippen MR) is 227 cm³/mol. The number of hydrogen-bond acceptors (Lipinski definition) is 8. The minimum Gasteiger partial charge on any atom is -0.504 e. The van der Waals surface area contributed by atoms with Crippen LogP contribution in [0, 0.1) is 11.6 Å². The van der Waals surface area contributed by atoms with E-state index in [0.717, 1.165) is 45.5 Å². The Morgan fingerprint density at radius 1 is 0.508 bits per heavy atom. The molecule has 0 bridgehead atoms. The molecule has 14 heteroatoms. The molecule has 3 aliphatic rings. The summed E-state index contributed by atoms with van der Waals surface area (Å²) in [4.78, 5) is 0.0711. The summed E-state index contributed by atoms with van der Waals surface area (Å²) in [5.41, 5.74) is 5.35. The van der Waals surface area contributed by atoms with Crippen molar-refractivity contribution >= 4 is 31.2 Å². The topological polar surface area (TPSA) is 134 Å². The van der Waals surface area contributed by atoms with E-state index in [1.54, 1.807) is 42.5 Å². The van der Waals surface area contributed by atoms with E-state index in [9.17, 15) is 35.8 Å². The molecule has 0 amide bonds. The summed E-state index contributed by atoms with van der Waals surface area (Å²) in [7, 11) is -7.53. The normalized spacial score (nSPS) is 16.5. The fourth-order valence-electron chi connectivity index (χ4n) is 7.41. The Labute approximate surface area is 353 Å². The lowest BCUT2D eigenvalue weighted by molar-refractivity contribution is -0.0459. The number of phenols is 2. The molecule has 10 nitrogen and oxygen atoms in total. The molecule has 9 rings (SSSR count). The van der Waals surface area contributed by atoms with Crippen LogP contribution in [-0.2, 0) is 25.8 Å². The van der Waals surface area contributed by atoms with Crippen LogP contribution in [0.5, 0.6) is 23.0 Å². The zero-order chi connectivity index (χ0) is 42.8. The Morgan fingerprint density at radius 2 is 0.951 bits per heavy atom. The highest BCUT2D eigenvalue weighted by Crippen LogP contribution is 2.48. The maximum atomic E-state index is 13.5.